The molecule has 1 atom stereocenters. The molecule has 0 aromatic carbocycles. The minimum Gasteiger partial charge on any atom is -0.481 e. The van der Waals surface area contributed by atoms with E-state index in [0.29, 0.717) is 24.9 Å². The standard InChI is InChI=1S/C15H20N4O4/c20-13(11-3-1-5-16-9-11)17-6-7-18-15(23)19-8-2-4-12(10-19)14(21)22/h1,3,5,9,12H,2,4,6-8,10H2,(H,17,20)(H,18,23)(H,21,22). The van der Waals surface area contributed by atoms with Crippen LogP contribution in [0, 0.1) is 5.92 Å². The van der Waals surface area contributed by atoms with Crippen molar-refractivity contribution in [1.29, 1.82) is 0 Å². The van der Waals surface area contributed by atoms with Gasteiger partial charge in [-0.1, -0.05) is 0 Å². The highest BCUT2D eigenvalue weighted by Gasteiger charge is 2.27. The van der Waals surface area contributed by atoms with Gasteiger partial charge in [0.1, 0.15) is 0 Å². The first-order valence-corrected chi connectivity index (χ1v) is 7.51. The Morgan fingerprint density at radius 1 is 1.30 bits per heavy atom. The van der Waals surface area contributed by atoms with Gasteiger partial charge in [0, 0.05) is 38.6 Å². The van der Waals surface area contributed by atoms with Crippen molar-refractivity contribution in [3.05, 3.63) is 30.1 Å². The SMILES string of the molecule is O=C(NCCNC(=O)N1CCCC(C(=O)O)C1)c1cccnc1. The van der Waals surface area contributed by atoms with E-state index in [4.69, 9.17) is 5.11 Å². The van der Waals surface area contributed by atoms with Crippen molar-refractivity contribution in [1.82, 2.24) is 20.5 Å². The number of pyridine rings is 1. The largest absolute Gasteiger partial charge is 0.481 e. The highest BCUT2D eigenvalue weighted by atomic mass is 16.4. The fourth-order valence-electron chi connectivity index (χ4n) is 2.42. The number of hydrogen-bond acceptors (Lipinski definition) is 4. The van der Waals surface area contributed by atoms with Crippen LogP contribution in [0.5, 0.6) is 0 Å². The fourth-order valence-corrected chi connectivity index (χ4v) is 2.42. The topological polar surface area (TPSA) is 112 Å². The monoisotopic (exact) mass is 320 g/mol. The summed E-state index contributed by atoms with van der Waals surface area (Å²) in [6, 6.07) is 3.03. The van der Waals surface area contributed by atoms with E-state index in [1.165, 1.54) is 11.1 Å². The van der Waals surface area contributed by atoms with Crippen LogP contribution in [0.4, 0.5) is 4.79 Å². The zero-order valence-corrected chi connectivity index (χ0v) is 12.7. The van der Waals surface area contributed by atoms with Crippen LogP contribution in [-0.2, 0) is 4.79 Å². The van der Waals surface area contributed by atoms with E-state index in [1.54, 1.807) is 18.3 Å². The second-order valence-corrected chi connectivity index (χ2v) is 5.35. The summed E-state index contributed by atoms with van der Waals surface area (Å²) < 4.78 is 0. The number of likely N-dealkylation sites (tertiary alicyclic amines) is 1. The lowest BCUT2D eigenvalue weighted by molar-refractivity contribution is -0.143. The van der Waals surface area contributed by atoms with Gasteiger partial charge < -0.3 is 20.6 Å². The number of carbonyl (C=O) groups excluding carboxylic acids is 2. The van der Waals surface area contributed by atoms with Crippen molar-refractivity contribution in [2.24, 2.45) is 5.92 Å². The Bertz CT molecular complexity index is 564. The van der Waals surface area contributed by atoms with Crippen LogP contribution in [-0.4, -0.2) is 59.1 Å². The van der Waals surface area contributed by atoms with E-state index in [1.807, 2.05) is 0 Å². The molecule has 23 heavy (non-hydrogen) atoms. The number of carboxylic acid groups (broad SMARTS) is 1. The summed E-state index contributed by atoms with van der Waals surface area (Å²) >= 11 is 0. The van der Waals surface area contributed by atoms with Crippen LogP contribution < -0.4 is 10.6 Å². The zero-order chi connectivity index (χ0) is 16.7. The Morgan fingerprint density at radius 2 is 2.09 bits per heavy atom. The Kier molecular flexibility index (Phi) is 5.90. The average Bonchev–Trinajstić information content (AvgIpc) is 2.59. The summed E-state index contributed by atoms with van der Waals surface area (Å²) in [5.41, 5.74) is 0.458. The van der Waals surface area contributed by atoms with Gasteiger partial charge in [-0.2, -0.15) is 0 Å². The molecule has 1 aliphatic heterocycles. The third-order valence-corrected chi connectivity index (χ3v) is 3.67. The number of carboxylic acids is 1. The Hall–Kier alpha value is -2.64. The highest BCUT2D eigenvalue weighted by molar-refractivity contribution is 5.93. The van der Waals surface area contributed by atoms with Crippen molar-refractivity contribution in [2.45, 2.75) is 12.8 Å². The summed E-state index contributed by atoms with van der Waals surface area (Å²) in [6.07, 6.45) is 4.33. The molecule has 0 bridgehead atoms. The number of amides is 3. The van der Waals surface area contributed by atoms with Gasteiger partial charge in [-0.3, -0.25) is 14.6 Å². The lowest BCUT2D eigenvalue weighted by Gasteiger charge is -2.30. The lowest BCUT2D eigenvalue weighted by atomic mass is 9.99. The van der Waals surface area contributed by atoms with Crippen molar-refractivity contribution in [3.63, 3.8) is 0 Å². The number of aliphatic carboxylic acids is 1. The van der Waals surface area contributed by atoms with Crippen LogP contribution >= 0.6 is 0 Å². The van der Waals surface area contributed by atoms with Crippen molar-refractivity contribution in [3.8, 4) is 0 Å². The molecule has 3 amide bonds. The molecule has 0 aliphatic carbocycles. The number of nitrogens with zero attached hydrogens (tertiary/aromatic N) is 2. The van der Waals surface area contributed by atoms with E-state index >= 15 is 0 Å². The molecule has 1 aliphatic rings. The van der Waals surface area contributed by atoms with Crippen LogP contribution in [0.15, 0.2) is 24.5 Å². The Balaban J connectivity index is 1.68. The molecule has 2 rings (SSSR count). The second kappa shape index (κ2) is 8.11. The molecule has 124 valence electrons. The van der Waals surface area contributed by atoms with E-state index in [-0.39, 0.29) is 31.6 Å². The second-order valence-electron chi connectivity index (χ2n) is 5.35. The first-order valence-electron chi connectivity index (χ1n) is 7.51. The quantitative estimate of drug-likeness (QED) is 0.676. The Morgan fingerprint density at radius 3 is 2.78 bits per heavy atom. The molecular weight excluding hydrogens is 300 g/mol. The molecule has 1 saturated heterocycles. The first-order chi connectivity index (χ1) is 11.1. The number of aromatic nitrogens is 1. The molecule has 0 radical (unpaired) electrons. The molecular formula is C15H20N4O4. The van der Waals surface area contributed by atoms with Gasteiger partial charge >= 0.3 is 12.0 Å². The maximum absolute atomic E-state index is 12.0. The fraction of sp³-hybridized carbons (Fsp3) is 0.467. The Labute approximate surface area is 133 Å². The summed E-state index contributed by atoms with van der Waals surface area (Å²) in [6.45, 7) is 1.34. The summed E-state index contributed by atoms with van der Waals surface area (Å²) in [5.74, 6) is -1.62. The molecule has 1 aromatic heterocycles. The van der Waals surface area contributed by atoms with Crippen molar-refractivity contribution in [2.75, 3.05) is 26.2 Å². The molecule has 1 fully saturated rings. The lowest BCUT2D eigenvalue weighted by Crippen LogP contribution is -2.48. The number of carbonyl (C=O) groups is 3. The highest BCUT2D eigenvalue weighted by Crippen LogP contribution is 2.16. The minimum absolute atomic E-state index is 0.225. The van der Waals surface area contributed by atoms with Crippen LogP contribution in [0.25, 0.3) is 0 Å². The van der Waals surface area contributed by atoms with Crippen molar-refractivity contribution < 1.29 is 19.5 Å². The smallest absolute Gasteiger partial charge is 0.317 e. The predicted octanol–water partition coefficient (Wildman–Crippen LogP) is 0.318. The summed E-state index contributed by atoms with van der Waals surface area (Å²) in [7, 11) is 0. The first kappa shape index (κ1) is 16.7. The van der Waals surface area contributed by atoms with E-state index in [2.05, 4.69) is 15.6 Å². The molecule has 8 heteroatoms. The number of hydrogen-bond donors (Lipinski definition) is 3. The van der Waals surface area contributed by atoms with Gasteiger partial charge in [-0.15, -0.1) is 0 Å². The normalized spacial score (nSPS) is 17.4. The van der Waals surface area contributed by atoms with E-state index < -0.39 is 11.9 Å². The van der Waals surface area contributed by atoms with Crippen LogP contribution in [0.2, 0.25) is 0 Å². The molecule has 1 aromatic rings. The zero-order valence-electron chi connectivity index (χ0n) is 12.7. The van der Waals surface area contributed by atoms with Gasteiger partial charge in [0.2, 0.25) is 0 Å². The van der Waals surface area contributed by atoms with E-state index in [0.717, 1.165) is 0 Å². The van der Waals surface area contributed by atoms with Gasteiger partial charge in [0.05, 0.1) is 11.5 Å². The van der Waals surface area contributed by atoms with Crippen LogP contribution in [0.3, 0.4) is 0 Å². The number of rotatable bonds is 5. The van der Waals surface area contributed by atoms with Gasteiger partial charge in [0.25, 0.3) is 5.91 Å². The van der Waals surface area contributed by atoms with Crippen molar-refractivity contribution >= 4 is 17.9 Å². The third-order valence-electron chi connectivity index (χ3n) is 3.67. The van der Waals surface area contributed by atoms with Crippen LogP contribution in [0.1, 0.15) is 23.2 Å². The number of nitrogens with one attached hydrogen (secondary N) is 2. The average molecular weight is 320 g/mol. The van der Waals surface area contributed by atoms with E-state index in [9.17, 15) is 14.4 Å². The number of piperidine rings is 1. The van der Waals surface area contributed by atoms with Gasteiger partial charge in [-0.05, 0) is 25.0 Å². The predicted molar refractivity (Wildman–Crippen MR) is 81.9 cm³/mol. The van der Waals surface area contributed by atoms with Gasteiger partial charge in [-0.25, -0.2) is 4.79 Å². The molecule has 1 unspecified atom stereocenters. The summed E-state index contributed by atoms with van der Waals surface area (Å²) in [4.78, 5) is 40.1. The molecule has 0 spiro atoms. The number of urea groups is 1. The molecule has 3 N–H and O–H groups in total. The molecule has 8 nitrogen and oxygen atoms in total. The third kappa shape index (κ3) is 4.94. The minimum atomic E-state index is -0.869. The maximum atomic E-state index is 12.0. The molecule has 2 heterocycles. The summed E-state index contributed by atoms with van der Waals surface area (Å²) in [5, 5.41) is 14.4. The maximum Gasteiger partial charge on any atom is 0.317 e. The molecule has 0 saturated carbocycles. The van der Waals surface area contributed by atoms with Gasteiger partial charge in [0.15, 0.2) is 0 Å².